The van der Waals surface area contributed by atoms with Crippen LogP contribution >= 0.6 is 23.1 Å². The minimum atomic E-state index is -0.412. The third-order valence-corrected chi connectivity index (χ3v) is 7.02. The number of aryl methyl sites for hydroxylation is 2. The van der Waals surface area contributed by atoms with Crippen LogP contribution in [-0.2, 0) is 27.3 Å². The fourth-order valence-electron chi connectivity index (χ4n) is 3.23. The Hall–Kier alpha value is -2.49. The summed E-state index contributed by atoms with van der Waals surface area (Å²) >= 11 is 2.64. The van der Waals surface area contributed by atoms with Gasteiger partial charge in [0.05, 0.1) is 17.6 Å². The molecule has 3 aromatic rings. The molecule has 0 aliphatic heterocycles. The van der Waals surface area contributed by atoms with Gasteiger partial charge in [0.2, 0.25) is 11.8 Å². The van der Waals surface area contributed by atoms with Gasteiger partial charge in [-0.05, 0) is 38.3 Å². The zero-order chi connectivity index (χ0) is 23.1. The fraction of sp³-hybridized carbons (Fsp3) is 0.391. The molecular weight excluding hydrogens is 446 g/mol. The summed E-state index contributed by atoms with van der Waals surface area (Å²) in [5.41, 5.74) is 1.68. The van der Waals surface area contributed by atoms with E-state index in [1.165, 1.54) is 11.3 Å². The maximum Gasteiger partial charge on any atom is 0.263 e. The SMILES string of the molecule is CCOCCCn1c(SCC(=O)NC(=O)Cc2ccccc2)nc2sc(C)c(C)c2c1=O. The van der Waals surface area contributed by atoms with Gasteiger partial charge in [0.25, 0.3) is 5.56 Å². The summed E-state index contributed by atoms with van der Waals surface area (Å²) in [6.07, 6.45) is 0.801. The van der Waals surface area contributed by atoms with Crippen LogP contribution in [0.2, 0.25) is 0 Å². The van der Waals surface area contributed by atoms with Crippen molar-refractivity contribution in [2.75, 3.05) is 19.0 Å². The first-order valence-corrected chi connectivity index (χ1v) is 12.3. The molecule has 2 aromatic heterocycles. The Balaban J connectivity index is 1.72. The van der Waals surface area contributed by atoms with Crippen LogP contribution in [-0.4, -0.2) is 40.3 Å². The monoisotopic (exact) mass is 473 g/mol. The van der Waals surface area contributed by atoms with Gasteiger partial charge in [-0.1, -0.05) is 42.1 Å². The lowest BCUT2D eigenvalue weighted by atomic mass is 10.1. The van der Waals surface area contributed by atoms with E-state index in [-0.39, 0.29) is 23.6 Å². The number of thioether (sulfide) groups is 1. The minimum absolute atomic E-state index is 0.00667. The van der Waals surface area contributed by atoms with Crippen LogP contribution in [0.25, 0.3) is 10.2 Å². The second-order valence-electron chi connectivity index (χ2n) is 7.29. The van der Waals surface area contributed by atoms with Gasteiger partial charge in [-0.15, -0.1) is 11.3 Å². The second kappa shape index (κ2) is 11.4. The first-order chi connectivity index (χ1) is 15.4. The number of carbonyl (C=O) groups excluding carboxylic acids is 2. The molecule has 0 spiro atoms. The molecule has 1 N–H and O–H groups in total. The van der Waals surface area contributed by atoms with Crippen molar-refractivity contribution in [1.82, 2.24) is 14.9 Å². The number of thiophene rings is 1. The van der Waals surface area contributed by atoms with E-state index in [0.29, 0.717) is 41.6 Å². The second-order valence-corrected chi connectivity index (χ2v) is 9.43. The molecule has 0 fully saturated rings. The van der Waals surface area contributed by atoms with Crippen LogP contribution in [0.5, 0.6) is 0 Å². The highest BCUT2D eigenvalue weighted by Crippen LogP contribution is 2.28. The number of ether oxygens (including phenoxy) is 1. The largest absolute Gasteiger partial charge is 0.382 e. The van der Waals surface area contributed by atoms with Crippen LogP contribution in [0.15, 0.2) is 40.3 Å². The van der Waals surface area contributed by atoms with E-state index in [0.717, 1.165) is 27.8 Å². The zero-order valence-corrected chi connectivity index (χ0v) is 20.1. The Morgan fingerprint density at radius 1 is 1.19 bits per heavy atom. The Labute approximate surface area is 195 Å². The third-order valence-electron chi connectivity index (χ3n) is 4.95. The van der Waals surface area contributed by atoms with E-state index >= 15 is 0 Å². The molecule has 170 valence electrons. The van der Waals surface area contributed by atoms with E-state index in [1.807, 2.05) is 51.1 Å². The first-order valence-electron chi connectivity index (χ1n) is 10.5. The summed E-state index contributed by atoms with van der Waals surface area (Å²) in [6.45, 7) is 7.44. The molecular formula is C23H27N3O4S2. The summed E-state index contributed by atoms with van der Waals surface area (Å²) in [6, 6.07) is 9.24. The number of aromatic nitrogens is 2. The number of carbonyl (C=O) groups is 2. The normalized spacial score (nSPS) is 11.1. The van der Waals surface area contributed by atoms with Gasteiger partial charge in [0.15, 0.2) is 5.16 Å². The topological polar surface area (TPSA) is 90.3 Å². The number of hydrogen-bond donors (Lipinski definition) is 1. The average molecular weight is 474 g/mol. The quantitative estimate of drug-likeness (QED) is 0.275. The molecule has 0 atom stereocenters. The highest BCUT2D eigenvalue weighted by atomic mass is 32.2. The van der Waals surface area contributed by atoms with E-state index < -0.39 is 5.91 Å². The highest BCUT2D eigenvalue weighted by Gasteiger charge is 2.18. The third kappa shape index (κ3) is 6.05. The summed E-state index contributed by atoms with van der Waals surface area (Å²) in [5, 5.41) is 3.52. The van der Waals surface area contributed by atoms with Crippen LogP contribution < -0.4 is 10.9 Å². The number of nitrogens with one attached hydrogen (secondary N) is 1. The van der Waals surface area contributed by atoms with Crippen LogP contribution in [0.1, 0.15) is 29.3 Å². The Bertz CT molecular complexity index is 1160. The molecule has 0 saturated carbocycles. The van der Waals surface area contributed by atoms with Gasteiger partial charge < -0.3 is 4.74 Å². The van der Waals surface area contributed by atoms with Crippen molar-refractivity contribution >= 4 is 45.1 Å². The number of hydrogen-bond acceptors (Lipinski definition) is 7. The smallest absolute Gasteiger partial charge is 0.263 e. The van der Waals surface area contributed by atoms with Gasteiger partial charge in [0, 0.05) is 24.6 Å². The molecule has 2 amide bonds. The molecule has 0 bridgehead atoms. The van der Waals surface area contributed by atoms with E-state index in [1.54, 1.807) is 4.57 Å². The van der Waals surface area contributed by atoms with Crippen molar-refractivity contribution < 1.29 is 14.3 Å². The van der Waals surface area contributed by atoms with Crippen molar-refractivity contribution in [3.8, 4) is 0 Å². The number of imide groups is 1. The maximum atomic E-state index is 13.2. The van der Waals surface area contributed by atoms with E-state index in [4.69, 9.17) is 4.74 Å². The van der Waals surface area contributed by atoms with Crippen LogP contribution in [0.4, 0.5) is 0 Å². The number of benzene rings is 1. The predicted octanol–water partition coefficient (Wildman–Crippen LogP) is 3.48. The number of amides is 2. The molecule has 0 saturated heterocycles. The van der Waals surface area contributed by atoms with Crippen LogP contribution in [0.3, 0.4) is 0 Å². The lowest BCUT2D eigenvalue weighted by molar-refractivity contribution is -0.128. The fourth-order valence-corrected chi connectivity index (χ4v) is 5.13. The predicted molar refractivity (Wildman–Crippen MR) is 128 cm³/mol. The molecule has 9 heteroatoms. The van der Waals surface area contributed by atoms with E-state index in [9.17, 15) is 14.4 Å². The van der Waals surface area contributed by atoms with Crippen molar-refractivity contribution in [3.63, 3.8) is 0 Å². The van der Waals surface area contributed by atoms with Crippen molar-refractivity contribution in [1.29, 1.82) is 0 Å². The minimum Gasteiger partial charge on any atom is -0.382 e. The summed E-state index contributed by atoms with van der Waals surface area (Å²) in [5.74, 6) is -0.777. The molecule has 3 rings (SSSR count). The lowest BCUT2D eigenvalue weighted by Gasteiger charge is -2.12. The average Bonchev–Trinajstić information content (AvgIpc) is 3.05. The van der Waals surface area contributed by atoms with Gasteiger partial charge >= 0.3 is 0 Å². The Kier molecular flexibility index (Phi) is 8.60. The molecule has 2 heterocycles. The number of rotatable bonds is 10. The zero-order valence-electron chi connectivity index (χ0n) is 18.5. The Morgan fingerprint density at radius 3 is 2.66 bits per heavy atom. The molecule has 1 aromatic carbocycles. The lowest BCUT2D eigenvalue weighted by Crippen LogP contribution is -2.33. The first kappa shape index (κ1) is 24.2. The maximum absolute atomic E-state index is 13.2. The molecule has 0 aliphatic rings. The van der Waals surface area contributed by atoms with Gasteiger partial charge in [-0.25, -0.2) is 4.98 Å². The number of fused-ring (bicyclic) bond motifs is 1. The standard InChI is InChI=1S/C23H27N3O4S2/c1-4-30-12-8-11-26-22(29)20-15(2)16(3)32-21(20)25-23(26)31-14-19(28)24-18(27)13-17-9-6-5-7-10-17/h5-7,9-10H,4,8,11-14H2,1-3H3,(H,24,27,28). The van der Waals surface area contributed by atoms with Crippen LogP contribution in [0, 0.1) is 13.8 Å². The van der Waals surface area contributed by atoms with E-state index in [2.05, 4.69) is 10.3 Å². The molecule has 7 nitrogen and oxygen atoms in total. The van der Waals surface area contributed by atoms with Crippen molar-refractivity contribution in [2.45, 2.75) is 45.3 Å². The number of nitrogens with zero attached hydrogens (tertiary/aromatic N) is 2. The van der Waals surface area contributed by atoms with Crippen molar-refractivity contribution in [2.24, 2.45) is 0 Å². The molecule has 0 radical (unpaired) electrons. The van der Waals surface area contributed by atoms with Crippen molar-refractivity contribution in [3.05, 3.63) is 56.7 Å². The highest BCUT2D eigenvalue weighted by molar-refractivity contribution is 7.99. The van der Waals surface area contributed by atoms with Gasteiger partial charge in [-0.2, -0.15) is 0 Å². The Morgan fingerprint density at radius 2 is 1.94 bits per heavy atom. The summed E-state index contributed by atoms with van der Waals surface area (Å²) < 4.78 is 7.01. The summed E-state index contributed by atoms with van der Waals surface area (Å²) in [7, 11) is 0. The summed E-state index contributed by atoms with van der Waals surface area (Å²) in [4.78, 5) is 44.1. The molecule has 0 aliphatic carbocycles. The molecule has 32 heavy (non-hydrogen) atoms. The van der Waals surface area contributed by atoms with Gasteiger partial charge in [0.1, 0.15) is 4.83 Å². The molecule has 0 unspecified atom stereocenters. The van der Waals surface area contributed by atoms with Gasteiger partial charge in [-0.3, -0.25) is 24.3 Å².